The largest absolute Gasteiger partial charge is 0.345 e. The summed E-state index contributed by atoms with van der Waals surface area (Å²) in [7, 11) is 1.90. The number of amides is 1. The number of nitrogens with one attached hydrogen (secondary N) is 1. The molecule has 124 valence electrons. The van der Waals surface area contributed by atoms with Gasteiger partial charge in [0.2, 0.25) is 0 Å². The first-order chi connectivity index (χ1) is 11.4. The van der Waals surface area contributed by atoms with Crippen molar-refractivity contribution >= 4 is 16.7 Å². The van der Waals surface area contributed by atoms with E-state index in [0.29, 0.717) is 12.1 Å². The van der Waals surface area contributed by atoms with E-state index in [1.165, 1.54) is 5.56 Å². The quantitative estimate of drug-likeness (QED) is 0.805. The molecule has 5 nitrogen and oxygen atoms in total. The van der Waals surface area contributed by atoms with E-state index in [4.69, 9.17) is 0 Å². The Morgan fingerprint density at radius 2 is 2.04 bits per heavy atom. The Kier molecular flexibility index (Phi) is 4.09. The van der Waals surface area contributed by atoms with Crippen LogP contribution in [0, 0.1) is 0 Å². The van der Waals surface area contributed by atoms with E-state index >= 15 is 0 Å². The predicted molar refractivity (Wildman–Crippen MR) is 94.8 cm³/mol. The van der Waals surface area contributed by atoms with Gasteiger partial charge >= 0.3 is 0 Å². The molecule has 0 atom stereocenters. The summed E-state index contributed by atoms with van der Waals surface area (Å²) in [4.78, 5) is 21.0. The van der Waals surface area contributed by atoms with Crippen molar-refractivity contribution in [3.05, 3.63) is 59.9 Å². The summed E-state index contributed by atoms with van der Waals surface area (Å²) in [6.07, 6.45) is 7.00. The van der Waals surface area contributed by atoms with Gasteiger partial charge in [-0.3, -0.25) is 9.78 Å². The number of benzene rings is 1. The van der Waals surface area contributed by atoms with Crippen LogP contribution in [0.5, 0.6) is 0 Å². The Morgan fingerprint density at radius 3 is 2.71 bits per heavy atom. The minimum absolute atomic E-state index is 0.0602. The summed E-state index contributed by atoms with van der Waals surface area (Å²) in [5.74, 6) is 0.672. The monoisotopic (exact) mass is 322 g/mol. The highest BCUT2D eigenvalue weighted by atomic mass is 16.1. The molecule has 0 saturated carbocycles. The Morgan fingerprint density at radius 1 is 1.25 bits per heavy atom. The number of aromatic nitrogens is 3. The van der Waals surface area contributed by atoms with Crippen molar-refractivity contribution in [1.82, 2.24) is 19.9 Å². The molecule has 0 fully saturated rings. The second-order valence-electron chi connectivity index (χ2n) is 7.01. The fourth-order valence-corrected chi connectivity index (χ4v) is 2.65. The molecule has 0 aliphatic carbocycles. The van der Waals surface area contributed by atoms with E-state index in [1.54, 1.807) is 18.6 Å². The number of pyridine rings is 1. The fraction of sp³-hybridized carbons (Fsp3) is 0.316. The molecule has 0 aliphatic heterocycles. The molecule has 3 rings (SSSR count). The molecular weight excluding hydrogens is 300 g/mol. The number of hydrogen-bond donors (Lipinski definition) is 1. The van der Waals surface area contributed by atoms with E-state index in [0.717, 1.165) is 16.6 Å². The number of nitrogens with zero attached hydrogens (tertiary/aromatic N) is 3. The average molecular weight is 322 g/mol. The van der Waals surface area contributed by atoms with Crippen LogP contribution in [0.1, 0.15) is 42.5 Å². The number of aryl methyl sites for hydroxylation is 1. The zero-order chi connectivity index (χ0) is 17.3. The van der Waals surface area contributed by atoms with Crippen LogP contribution in [0.2, 0.25) is 0 Å². The van der Waals surface area contributed by atoms with Crippen molar-refractivity contribution in [2.45, 2.75) is 32.7 Å². The first-order valence-corrected chi connectivity index (χ1v) is 7.99. The maximum atomic E-state index is 12.6. The van der Waals surface area contributed by atoms with Crippen molar-refractivity contribution in [2.75, 3.05) is 0 Å². The lowest BCUT2D eigenvalue weighted by Gasteiger charge is -2.19. The van der Waals surface area contributed by atoms with Crippen LogP contribution in [-0.4, -0.2) is 20.4 Å². The number of imidazole rings is 1. The number of rotatable bonds is 3. The molecule has 0 bridgehead atoms. The van der Waals surface area contributed by atoms with Crippen LogP contribution in [0.4, 0.5) is 0 Å². The maximum Gasteiger partial charge on any atom is 0.253 e. The topological polar surface area (TPSA) is 59.8 Å². The van der Waals surface area contributed by atoms with Crippen molar-refractivity contribution in [2.24, 2.45) is 7.05 Å². The lowest BCUT2D eigenvalue weighted by Crippen LogP contribution is -2.24. The third-order valence-electron chi connectivity index (χ3n) is 4.20. The van der Waals surface area contributed by atoms with Crippen LogP contribution < -0.4 is 5.32 Å². The van der Waals surface area contributed by atoms with Gasteiger partial charge in [-0.1, -0.05) is 32.9 Å². The van der Waals surface area contributed by atoms with E-state index in [1.807, 2.05) is 23.9 Å². The Balaban J connectivity index is 1.89. The molecular formula is C19H22N4O. The summed E-state index contributed by atoms with van der Waals surface area (Å²) in [5.41, 5.74) is 1.87. The van der Waals surface area contributed by atoms with Gasteiger partial charge in [-0.2, -0.15) is 0 Å². The van der Waals surface area contributed by atoms with Gasteiger partial charge in [-0.25, -0.2) is 4.98 Å². The molecule has 1 aromatic carbocycles. The lowest BCUT2D eigenvalue weighted by molar-refractivity contribution is 0.0951. The van der Waals surface area contributed by atoms with Crippen LogP contribution >= 0.6 is 0 Å². The number of hydrogen-bond acceptors (Lipinski definition) is 3. The van der Waals surface area contributed by atoms with E-state index < -0.39 is 0 Å². The Bertz CT molecular complexity index is 890. The molecule has 0 aliphatic rings. The first kappa shape index (κ1) is 16.2. The van der Waals surface area contributed by atoms with Crippen LogP contribution in [0.3, 0.4) is 0 Å². The second-order valence-corrected chi connectivity index (χ2v) is 7.01. The third kappa shape index (κ3) is 3.15. The summed E-state index contributed by atoms with van der Waals surface area (Å²) in [6, 6.07) is 6.20. The van der Waals surface area contributed by atoms with Crippen LogP contribution in [0.25, 0.3) is 10.8 Å². The molecule has 1 amide bonds. The zero-order valence-corrected chi connectivity index (χ0v) is 14.5. The second kappa shape index (κ2) is 6.07. The van der Waals surface area contributed by atoms with Gasteiger partial charge in [-0.05, 0) is 22.4 Å². The van der Waals surface area contributed by atoms with Crippen molar-refractivity contribution in [3.63, 3.8) is 0 Å². The Hall–Kier alpha value is -2.69. The predicted octanol–water partition coefficient (Wildman–Crippen LogP) is 3.20. The fourth-order valence-electron chi connectivity index (χ4n) is 2.65. The molecule has 3 aromatic rings. The Labute approximate surface area is 141 Å². The molecule has 0 unspecified atom stereocenters. The number of carbonyl (C=O) groups excluding carboxylic acids is 1. The van der Waals surface area contributed by atoms with Crippen LogP contribution in [0.15, 0.2) is 43.0 Å². The van der Waals surface area contributed by atoms with Crippen LogP contribution in [-0.2, 0) is 19.0 Å². The molecule has 1 N–H and O–H groups in total. The lowest BCUT2D eigenvalue weighted by atomic mass is 9.86. The molecule has 2 aromatic heterocycles. The molecule has 0 spiro atoms. The smallest absolute Gasteiger partial charge is 0.253 e. The first-order valence-electron chi connectivity index (χ1n) is 7.99. The zero-order valence-electron chi connectivity index (χ0n) is 14.5. The summed E-state index contributed by atoms with van der Waals surface area (Å²) < 4.78 is 1.89. The van der Waals surface area contributed by atoms with Gasteiger partial charge in [-0.15, -0.1) is 0 Å². The maximum absolute atomic E-state index is 12.6. The highest BCUT2D eigenvalue weighted by Crippen LogP contribution is 2.27. The van der Waals surface area contributed by atoms with Gasteiger partial charge in [0, 0.05) is 37.2 Å². The summed E-state index contributed by atoms with van der Waals surface area (Å²) in [6.45, 7) is 6.90. The number of carbonyl (C=O) groups is 1. The minimum Gasteiger partial charge on any atom is -0.345 e. The standard InChI is InChI=1S/C19H22N4O/c1-19(2,3)14-5-6-15-13(9-14)10-20-11-16(15)18(24)22-12-17-21-7-8-23(17)4/h5-11H,12H2,1-4H3,(H,22,24). The van der Waals surface area contributed by atoms with Gasteiger partial charge in [0.15, 0.2) is 0 Å². The SMILES string of the molecule is Cn1ccnc1CNC(=O)c1cncc2cc(C(C)(C)C)ccc12. The van der Waals surface area contributed by atoms with E-state index in [-0.39, 0.29) is 11.3 Å². The van der Waals surface area contributed by atoms with Gasteiger partial charge in [0.05, 0.1) is 12.1 Å². The summed E-state index contributed by atoms with van der Waals surface area (Å²) in [5, 5.41) is 4.81. The molecule has 0 radical (unpaired) electrons. The van der Waals surface area contributed by atoms with E-state index in [9.17, 15) is 4.79 Å². The van der Waals surface area contributed by atoms with Crippen molar-refractivity contribution in [3.8, 4) is 0 Å². The molecule has 0 saturated heterocycles. The van der Waals surface area contributed by atoms with Crippen molar-refractivity contribution in [1.29, 1.82) is 0 Å². The molecule has 24 heavy (non-hydrogen) atoms. The van der Waals surface area contributed by atoms with Gasteiger partial charge in [0.25, 0.3) is 5.91 Å². The van der Waals surface area contributed by atoms with Gasteiger partial charge < -0.3 is 9.88 Å². The average Bonchev–Trinajstić information content (AvgIpc) is 2.95. The normalized spacial score (nSPS) is 11.7. The molecule has 5 heteroatoms. The molecule has 2 heterocycles. The van der Waals surface area contributed by atoms with Crippen molar-refractivity contribution < 1.29 is 4.79 Å². The summed E-state index contributed by atoms with van der Waals surface area (Å²) >= 11 is 0. The highest BCUT2D eigenvalue weighted by molar-refractivity contribution is 6.06. The van der Waals surface area contributed by atoms with E-state index in [2.05, 4.69) is 48.2 Å². The highest BCUT2D eigenvalue weighted by Gasteiger charge is 2.16. The third-order valence-corrected chi connectivity index (χ3v) is 4.20. The number of fused-ring (bicyclic) bond motifs is 1. The minimum atomic E-state index is -0.139. The van der Waals surface area contributed by atoms with Gasteiger partial charge in [0.1, 0.15) is 5.82 Å².